The second-order valence-electron chi connectivity index (χ2n) is 3.65. The molecule has 0 amide bonds. The lowest BCUT2D eigenvalue weighted by atomic mass is 10.2. The fraction of sp³-hybridized carbons (Fsp3) is 0.500. The molecular formula is C10H15N3S. The summed E-state index contributed by atoms with van der Waals surface area (Å²) in [6.45, 7) is 4.17. The Kier molecular flexibility index (Phi) is 2.56. The van der Waals surface area contributed by atoms with Gasteiger partial charge in [-0.05, 0) is 13.3 Å². The molecule has 4 heteroatoms. The molecule has 2 rings (SSSR count). The van der Waals surface area contributed by atoms with Crippen LogP contribution in [0.15, 0.2) is 11.6 Å². The minimum Gasteiger partial charge on any atom is -0.328 e. The van der Waals surface area contributed by atoms with E-state index in [1.54, 1.807) is 11.3 Å². The van der Waals surface area contributed by atoms with Crippen molar-refractivity contribution in [2.75, 3.05) is 0 Å². The Morgan fingerprint density at radius 1 is 1.64 bits per heavy atom. The number of rotatable bonds is 3. The molecule has 2 aromatic rings. The predicted octanol–water partition coefficient (Wildman–Crippen LogP) is 1.85. The zero-order valence-electron chi connectivity index (χ0n) is 8.53. The van der Waals surface area contributed by atoms with Gasteiger partial charge >= 0.3 is 0 Å². The highest BCUT2D eigenvalue weighted by Gasteiger charge is 2.07. The first kappa shape index (κ1) is 9.68. The van der Waals surface area contributed by atoms with Gasteiger partial charge in [0.2, 0.25) is 0 Å². The lowest BCUT2D eigenvalue weighted by molar-refractivity contribution is 0.726. The number of nitrogens with two attached hydrogens (primary N) is 1. The maximum Gasteiger partial charge on any atom is 0.194 e. The van der Waals surface area contributed by atoms with E-state index in [0.717, 1.165) is 23.5 Å². The van der Waals surface area contributed by atoms with Gasteiger partial charge in [-0.3, -0.25) is 4.40 Å². The van der Waals surface area contributed by atoms with E-state index in [1.807, 2.05) is 6.92 Å². The monoisotopic (exact) mass is 209 g/mol. The lowest BCUT2D eigenvalue weighted by Crippen LogP contribution is -2.17. The molecule has 0 aliphatic heterocycles. The minimum absolute atomic E-state index is 0.185. The minimum atomic E-state index is 0.185. The van der Waals surface area contributed by atoms with Crippen molar-refractivity contribution >= 4 is 16.3 Å². The molecule has 2 aromatic heterocycles. The Morgan fingerprint density at radius 2 is 2.43 bits per heavy atom. The van der Waals surface area contributed by atoms with Crippen molar-refractivity contribution in [3.8, 4) is 0 Å². The molecule has 0 aliphatic carbocycles. The van der Waals surface area contributed by atoms with Gasteiger partial charge in [0.05, 0.1) is 5.69 Å². The highest BCUT2D eigenvalue weighted by Crippen LogP contribution is 2.17. The lowest BCUT2D eigenvalue weighted by Gasteiger charge is -1.99. The number of aryl methyl sites for hydroxylation is 1. The maximum atomic E-state index is 5.74. The molecular weight excluding hydrogens is 194 g/mol. The number of fused-ring (bicyclic) bond motifs is 1. The Hall–Kier alpha value is -0.870. The number of hydrogen-bond donors (Lipinski definition) is 1. The van der Waals surface area contributed by atoms with Crippen LogP contribution in [-0.2, 0) is 12.8 Å². The Bertz CT molecular complexity index is 427. The van der Waals surface area contributed by atoms with Gasteiger partial charge in [-0.1, -0.05) is 6.92 Å². The third-order valence-electron chi connectivity index (χ3n) is 2.23. The van der Waals surface area contributed by atoms with Crippen LogP contribution in [0.1, 0.15) is 25.2 Å². The van der Waals surface area contributed by atoms with Gasteiger partial charge in [0.1, 0.15) is 0 Å². The van der Waals surface area contributed by atoms with Gasteiger partial charge in [-0.2, -0.15) is 0 Å². The summed E-state index contributed by atoms with van der Waals surface area (Å²) in [6.07, 6.45) is 4.01. The maximum absolute atomic E-state index is 5.74. The summed E-state index contributed by atoms with van der Waals surface area (Å²) in [5.41, 5.74) is 8.17. The fourth-order valence-corrected chi connectivity index (χ4v) is 2.53. The summed E-state index contributed by atoms with van der Waals surface area (Å²) in [5, 5.41) is 2.16. The number of imidazole rings is 1. The van der Waals surface area contributed by atoms with Crippen LogP contribution in [0.25, 0.3) is 4.96 Å². The van der Waals surface area contributed by atoms with Gasteiger partial charge in [0.25, 0.3) is 0 Å². The van der Waals surface area contributed by atoms with Crippen LogP contribution >= 0.6 is 11.3 Å². The van der Waals surface area contributed by atoms with Crippen LogP contribution < -0.4 is 5.73 Å². The van der Waals surface area contributed by atoms with E-state index in [-0.39, 0.29) is 6.04 Å². The quantitative estimate of drug-likeness (QED) is 0.838. The zero-order valence-corrected chi connectivity index (χ0v) is 9.34. The van der Waals surface area contributed by atoms with Gasteiger partial charge in [0, 0.05) is 29.7 Å². The first-order valence-electron chi connectivity index (χ1n) is 4.90. The summed E-state index contributed by atoms with van der Waals surface area (Å²) in [7, 11) is 0. The molecule has 0 radical (unpaired) electrons. The summed E-state index contributed by atoms with van der Waals surface area (Å²) >= 11 is 1.70. The first-order chi connectivity index (χ1) is 6.70. The first-order valence-corrected chi connectivity index (χ1v) is 5.78. The third kappa shape index (κ3) is 1.67. The second-order valence-corrected chi connectivity index (χ2v) is 4.48. The average molecular weight is 209 g/mol. The number of thiazole rings is 1. The highest BCUT2D eigenvalue weighted by atomic mass is 32.1. The predicted molar refractivity (Wildman–Crippen MR) is 59.8 cm³/mol. The van der Waals surface area contributed by atoms with Gasteiger partial charge in [0.15, 0.2) is 4.96 Å². The van der Waals surface area contributed by atoms with E-state index in [4.69, 9.17) is 5.73 Å². The van der Waals surface area contributed by atoms with Crippen molar-refractivity contribution in [3.05, 3.63) is 23.0 Å². The summed E-state index contributed by atoms with van der Waals surface area (Å²) in [5.74, 6) is 0. The van der Waals surface area contributed by atoms with E-state index in [0.29, 0.717) is 0 Å². The van der Waals surface area contributed by atoms with E-state index in [9.17, 15) is 0 Å². The summed E-state index contributed by atoms with van der Waals surface area (Å²) in [4.78, 5) is 5.60. The normalized spacial score (nSPS) is 13.6. The number of nitrogens with zero attached hydrogens (tertiary/aromatic N) is 2. The van der Waals surface area contributed by atoms with Crippen LogP contribution in [0.4, 0.5) is 0 Å². The molecule has 0 spiro atoms. The molecule has 2 heterocycles. The molecule has 14 heavy (non-hydrogen) atoms. The third-order valence-corrected chi connectivity index (χ3v) is 3.12. The van der Waals surface area contributed by atoms with Crippen molar-refractivity contribution in [2.24, 2.45) is 5.73 Å². The van der Waals surface area contributed by atoms with Crippen LogP contribution in [-0.4, -0.2) is 15.4 Å². The number of aromatic nitrogens is 2. The smallest absolute Gasteiger partial charge is 0.194 e. The van der Waals surface area contributed by atoms with Crippen molar-refractivity contribution < 1.29 is 0 Å². The molecule has 3 nitrogen and oxygen atoms in total. The Labute approximate surface area is 87.6 Å². The molecule has 1 unspecified atom stereocenters. The van der Waals surface area contributed by atoms with Crippen LogP contribution in [0.2, 0.25) is 0 Å². The molecule has 0 bridgehead atoms. The van der Waals surface area contributed by atoms with E-state index < -0.39 is 0 Å². The Morgan fingerprint density at radius 3 is 3.07 bits per heavy atom. The second kappa shape index (κ2) is 3.71. The molecule has 0 saturated heterocycles. The van der Waals surface area contributed by atoms with Crippen molar-refractivity contribution in [1.82, 2.24) is 9.38 Å². The largest absolute Gasteiger partial charge is 0.328 e. The number of hydrogen-bond acceptors (Lipinski definition) is 3. The zero-order chi connectivity index (χ0) is 10.1. The highest BCUT2D eigenvalue weighted by molar-refractivity contribution is 7.15. The molecule has 76 valence electrons. The van der Waals surface area contributed by atoms with Crippen LogP contribution in [0, 0.1) is 0 Å². The average Bonchev–Trinajstić information content (AvgIpc) is 2.61. The standard InChI is InChI=1S/C10H15N3S/c1-3-9-6-14-10-12-8(4-7(2)11)5-13(9)10/h5-7H,3-4,11H2,1-2H3. The van der Waals surface area contributed by atoms with E-state index in [1.165, 1.54) is 5.69 Å². The van der Waals surface area contributed by atoms with Gasteiger partial charge in [-0.25, -0.2) is 4.98 Å². The van der Waals surface area contributed by atoms with Gasteiger partial charge in [-0.15, -0.1) is 11.3 Å². The van der Waals surface area contributed by atoms with Crippen LogP contribution in [0.3, 0.4) is 0 Å². The van der Waals surface area contributed by atoms with Crippen molar-refractivity contribution in [2.45, 2.75) is 32.7 Å². The van der Waals surface area contributed by atoms with E-state index in [2.05, 4.69) is 27.9 Å². The fourth-order valence-electron chi connectivity index (χ4n) is 1.56. The van der Waals surface area contributed by atoms with Crippen LogP contribution in [0.5, 0.6) is 0 Å². The van der Waals surface area contributed by atoms with Crippen molar-refractivity contribution in [3.63, 3.8) is 0 Å². The Balaban J connectivity index is 2.37. The molecule has 0 fully saturated rings. The molecule has 0 saturated carbocycles. The molecule has 0 aliphatic rings. The van der Waals surface area contributed by atoms with E-state index >= 15 is 0 Å². The molecule has 0 aromatic carbocycles. The van der Waals surface area contributed by atoms with Gasteiger partial charge < -0.3 is 5.73 Å². The summed E-state index contributed by atoms with van der Waals surface area (Å²) < 4.78 is 2.17. The SMILES string of the molecule is CCc1csc2nc(CC(C)N)cn12. The molecule has 1 atom stereocenters. The topological polar surface area (TPSA) is 43.3 Å². The van der Waals surface area contributed by atoms with Crippen molar-refractivity contribution in [1.29, 1.82) is 0 Å². The summed E-state index contributed by atoms with van der Waals surface area (Å²) in [6, 6.07) is 0.185. The molecule has 2 N–H and O–H groups in total.